The van der Waals surface area contributed by atoms with Gasteiger partial charge in [-0.25, -0.2) is 8.78 Å². The van der Waals surface area contributed by atoms with E-state index in [2.05, 4.69) is 5.32 Å². The van der Waals surface area contributed by atoms with Crippen molar-refractivity contribution >= 4 is 29.1 Å². The zero-order valence-electron chi connectivity index (χ0n) is 14.9. The Labute approximate surface area is 166 Å². The van der Waals surface area contributed by atoms with Gasteiger partial charge in [0, 0.05) is 23.0 Å². The summed E-state index contributed by atoms with van der Waals surface area (Å²) in [6.45, 7) is 3.99. The summed E-state index contributed by atoms with van der Waals surface area (Å²) in [6, 6.07) is 8.28. The standard InChI is InChI=1S/C20H19Cl2F2NO2/c1-19(2)10-20(19,14-5-4-13(23)8-16(14)24)11-25-18(26)9-27-17-6-3-12(21)7-15(17)22/h3-8H,9-11H2,1-2H3,(H,25,26). The smallest absolute Gasteiger partial charge is 0.257 e. The lowest BCUT2D eigenvalue weighted by Crippen LogP contribution is -2.37. The van der Waals surface area contributed by atoms with Gasteiger partial charge in [-0.05, 0) is 41.7 Å². The lowest BCUT2D eigenvalue weighted by atomic mass is 9.87. The van der Waals surface area contributed by atoms with E-state index in [1.54, 1.807) is 12.1 Å². The van der Waals surface area contributed by atoms with E-state index in [-0.39, 0.29) is 24.5 Å². The molecule has 0 radical (unpaired) electrons. The molecule has 1 unspecified atom stereocenters. The molecule has 1 amide bonds. The van der Waals surface area contributed by atoms with E-state index in [1.807, 2.05) is 13.8 Å². The second-order valence-electron chi connectivity index (χ2n) is 7.41. The Morgan fingerprint density at radius 2 is 1.89 bits per heavy atom. The molecule has 144 valence electrons. The fraction of sp³-hybridized carbons (Fsp3) is 0.350. The highest BCUT2D eigenvalue weighted by Gasteiger charge is 2.62. The highest BCUT2D eigenvalue weighted by Crippen LogP contribution is 2.64. The minimum atomic E-state index is -0.623. The molecule has 3 nitrogen and oxygen atoms in total. The van der Waals surface area contributed by atoms with E-state index in [1.165, 1.54) is 18.2 Å². The number of carbonyl (C=O) groups is 1. The van der Waals surface area contributed by atoms with E-state index in [4.69, 9.17) is 27.9 Å². The lowest BCUT2D eigenvalue weighted by Gasteiger charge is -2.22. The van der Waals surface area contributed by atoms with Crippen molar-refractivity contribution in [2.45, 2.75) is 25.7 Å². The molecule has 7 heteroatoms. The van der Waals surface area contributed by atoms with Crippen molar-refractivity contribution in [3.63, 3.8) is 0 Å². The molecule has 1 saturated carbocycles. The van der Waals surface area contributed by atoms with Crippen LogP contribution in [0, 0.1) is 17.0 Å². The molecular weight excluding hydrogens is 395 g/mol. The molecule has 0 spiro atoms. The summed E-state index contributed by atoms with van der Waals surface area (Å²) < 4.78 is 32.9. The van der Waals surface area contributed by atoms with Crippen molar-refractivity contribution < 1.29 is 18.3 Å². The fourth-order valence-electron chi connectivity index (χ4n) is 3.48. The van der Waals surface area contributed by atoms with Gasteiger partial charge in [-0.3, -0.25) is 4.79 Å². The number of amides is 1. The first-order chi connectivity index (χ1) is 12.6. The third kappa shape index (κ3) is 4.04. The van der Waals surface area contributed by atoms with Crippen LogP contribution >= 0.6 is 23.2 Å². The van der Waals surface area contributed by atoms with Crippen LogP contribution in [0.2, 0.25) is 10.0 Å². The topological polar surface area (TPSA) is 38.3 Å². The molecular formula is C20H19Cl2F2NO2. The van der Waals surface area contributed by atoms with Gasteiger partial charge in [0.15, 0.2) is 6.61 Å². The molecule has 0 aromatic heterocycles. The van der Waals surface area contributed by atoms with Crippen LogP contribution in [0.3, 0.4) is 0 Å². The summed E-state index contributed by atoms with van der Waals surface area (Å²) in [6.07, 6.45) is 0.687. The number of hydrogen-bond donors (Lipinski definition) is 1. The van der Waals surface area contributed by atoms with Crippen LogP contribution in [-0.4, -0.2) is 19.1 Å². The van der Waals surface area contributed by atoms with Crippen LogP contribution in [0.5, 0.6) is 5.75 Å². The number of benzene rings is 2. The minimum absolute atomic E-state index is 0.209. The molecule has 3 rings (SSSR count). The van der Waals surface area contributed by atoms with Crippen LogP contribution in [0.15, 0.2) is 36.4 Å². The lowest BCUT2D eigenvalue weighted by molar-refractivity contribution is -0.123. The van der Waals surface area contributed by atoms with Crippen molar-refractivity contribution in [3.05, 3.63) is 63.6 Å². The summed E-state index contributed by atoms with van der Waals surface area (Å²) in [4.78, 5) is 12.2. The molecule has 0 aliphatic heterocycles. The van der Waals surface area contributed by atoms with E-state index >= 15 is 0 Å². The average Bonchev–Trinajstić information content (AvgIpc) is 3.14. The molecule has 27 heavy (non-hydrogen) atoms. The molecule has 0 heterocycles. The molecule has 1 aliphatic rings. The van der Waals surface area contributed by atoms with Crippen LogP contribution in [0.25, 0.3) is 0 Å². The molecule has 1 fully saturated rings. The van der Waals surface area contributed by atoms with Crippen LogP contribution in [-0.2, 0) is 10.2 Å². The van der Waals surface area contributed by atoms with Gasteiger partial charge in [-0.15, -0.1) is 0 Å². The zero-order chi connectivity index (χ0) is 19.8. The second kappa shape index (κ2) is 7.28. The van der Waals surface area contributed by atoms with Gasteiger partial charge in [0.2, 0.25) is 0 Å². The molecule has 1 atom stereocenters. The Morgan fingerprint density at radius 1 is 1.19 bits per heavy atom. The van der Waals surface area contributed by atoms with Gasteiger partial charge in [-0.1, -0.05) is 43.1 Å². The molecule has 0 bridgehead atoms. The number of carbonyl (C=O) groups excluding carboxylic acids is 1. The Morgan fingerprint density at radius 3 is 2.48 bits per heavy atom. The fourth-order valence-corrected chi connectivity index (χ4v) is 3.94. The third-order valence-electron chi connectivity index (χ3n) is 5.20. The van der Waals surface area contributed by atoms with Gasteiger partial charge < -0.3 is 10.1 Å². The molecule has 2 aromatic carbocycles. The maximum absolute atomic E-state index is 14.3. The van der Waals surface area contributed by atoms with Crippen LogP contribution in [0.4, 0.5) is 8.78 Å². The number of halogens is 4. The number of ether oxygens (including phenoxy) is 1. The highest BCUT2D eigenvalue weighted by atomic mass is 35.5. The Bertz CT molecular complexity index is 888. The first-order valence-corrected chi connectivity index (χ1v) is 9.20. The average molecular weight is 414 g/mol. The SMILES string of the molecule is CC1(C)CC1(CNC(=O)COc1ccc(Cl)cc1Cl)c1ccc(F)cc1F. The number of rotatable bonds is 6. The van der Waals surface area contributed by atoms with Gasteiger partial charge >= 0.3 is 0 Å². The zero-order valence-corrected chi connectivity index (χ0v) is 16.4. The first kappa shape index (κ1) is 19.9. The molecule has 1 aliphatic carbocycles. The summed E-state index contributed by atoms with van der Waals surface area (Å²) >= 11 is 11.8. The Hall–Kier alpha value is -1.85. The quantitative estimate of drug-likeness (QED) is 0.712. The van der Waals surface area contributed by atoms with Crippen molar-refractivity contribution in [2.75, 3.05) is 13.2 Å². The van der Waals surface area contributed by atoms with Crippen molar-refractivity contribution in [3.8, 4) is 5.75 Å². The van der Waals surface area contributed by atoms with E-state index in [0.29, 0.717) is 27.8 Å². The van der Waals surface area contributed by atoms with Gasteiger partial charge in [0.25, 0.3) is 5.91 Å². The van der Waals surface area contributed by atoms with Gasteiger partial charge in [-0.2, -0.15) is 0 Å². The van der Waals surface area contributed by atoms with Crippen molar-refractivity contribution in [1.29, 1.82) is 0 Å². The highest BCUT2D eigenvalue weighted by molar-refractivity contribution is 6.35. The Kier molecular flexibility index (Phi) is 5.37. The first-order valence-electron chi connectivity index (χ1n) is 8.45. The van der Waals surface area contributed by atoms with Gasteiger partial charge in [0.1, 0.15) is 17.4 Å². The number of nitrogens with one attached hydrogen (secondary N) is 1. The van der Waals surface area contributed by atoms with Crippen LogP contribution in [0.1, 0.15) is 25.8 Å². The van der Waals surface area contributed by atoms with Crippen molar-refractivity contribution in [1.82, 2.24) is 5.32 Å². The predicted molar refractivity (Wildman–Crippen MR) is 101 cm³/mol. The number of hydrogen-bond acceptors (Lipinski definition) is 2. The van der Waals surface area contributed by atoms with E-state index < -0.39 is 17.0 Å². The monoisotopic (exact) mass is 413 g/mol. The van der Waals surface area contributed by atoms with E-state index in [0.717, 1.165) is 6.07 Å². The van der Waals surface area contributed by atoms with Gasteiger partial charge in [0.05, 0.1) is 5.02 Å². The predicted octanol–water partition coefficient (Wildman–Crippen LogP) is 5.13. The maximum atomic E-state index is 14.3. The largest absolute Gasteiger partial charge is 0.482 e. The minimum Gasteiger partial charge on any atom is -0.482 e. The van der Waals surface area contributed by atoms with Crippen LogP contribution < -0.4 is 10.1 Å². The molecule has 2 aromatic rings. The summed E-state index contributed by atoms with van der Waals surface area (Å²) in [7, 11) is 0. The second-order valence-corrected chi connectivity index (χ2v) is 8.25. The Balaban J connectivity index is 1.64. The van der Waals surface area contributed by atoms with E-state index in [9.17, 15) is 13.6 Å². The summed E-state index contributed by atoms with van der Waals surface area (Å²) in [5, 5.41) is 3.57. The normalized spacial score (nSPS) is 20.2. The summed E-state index contributed by atoms with van der Waals surface area (Å²) in [5.41, 5.74) is -0.367. The van der Waals surface area contributed by atoms with Crippen molar-refractivity contribution in [2.24, 2.45) is 5.41 Å². The molecule has 0 saturated heterocycles. The maximum Gasteiger partial charge on any atom is 0.257 e. The summed E-state index contributed by atoms with van der Waals surface area (Å²) in [5.74, 6) is -1.23. The third-order valence-corrected chi connectivity index (χ3v) is 5.73. The molecule has 1 N–H and O–H groups in total.